The summed E-state index contributed by atoms with van der Waals surface area (Å²) in [5.41, 5.74) is 3.29. The van der Waals surface area contributed by atoms with Gasteiger partial charge in [0, 0.05) is 13.2 Å². The fourth-order valence-corrected chi connectivity index (χ4v) is 3.86. The first-order valence-electron chi connectivity index (χ1n) is 10.3. The molecule has 1 atom stereocenters. The fourth-order valence-electron chi connectivity index (χ4n) is 3.86. The standard InChI is InChI=1S/C24H28N2O3/c1-3-8-18-12-13-21(23(17-18)27-2)28-16-7-14-26-20-10-5-4-9-19(20)25-24(26)22-11-6-15-29-22/h3-5,8-10,12-13,17,22H,6-7,11,14-16H2,1-2H3/b8-3+. The van der Waals surface area contributed by atoms with E-state index in [-0.39, 0.29) is 6.10 Å². The maximum absolute atomic E-state index is 6.02. The molecule has 3 aromatic rings. The average Bonchev–Trinajstić information content (AvgIpc) is 3.40. The topological polar surface area (TPSA) is 45.5 Å². The van der Waals surface area contributed by atoms with E-state index in [1.54, 1.807) is 7.11 Å². The van der Waals surface area contributed by atoms with Gasteiger partial charge in [0.15, 0.2) is 11.5 Å². The summed E-state index contributed by atoms with van der Waals surface area (Å²) >= 11 is 0. The summed E-state index contributed by atoms with van der Waals surface area (Å²) in [6.45, 7) is 4.27. The van der Waals surface area contributed by atoms with Gasteiger partial charge in [0.1, 0.15) is 11.9 Å². The summed E-state index contributed by atoms with van der Waals surface area (Å²) in [6.07, 6.45) is 7.16. The number of para-hydroxylation sites is 2. The van der Waals surface area contributed by atoms with E-state index in [2.05, 4.69) is 22.8 Å². The zero-order valence-electron chi connectivity index (χ0n) is 17.1. The van der Waals surface area contributed by atoms with Crippen LogP contribution >= 0.6 is 0 Å². The molecule has 2 aromatic carbocycles. The molecule has 1 unspecified atom stereocenters. The normalized spacial score (nSPS) is 16.7. The van der Waals surface area contributed by atoms with Gasteiger partial charge in [-0.3, -0.25) is 0 Å². The molecule has 1 fully saturated rings. The summed E-state index contributed by atoms with van der Waals surface area (Å²) in [6, 6.07) is 14.3. The number of fused-ring (bicyclic) bond motifs is 1. The fraction of sp³-hybridized carbons (Fsp3) is 0.375. The number of aryl methyl sites for hydroxylation is 1. The Morgan fingerprint density at radius 3 is 2.90 bits per heavy atom. The number of ether oxygens (including phenoxy) is 3. The Morgan fingerprint density at radius 1 is 1.21 bits per heavy atom. The lowest BCUT2D eigenvalue weighted by atomic mass is 10.2. The third-order valence-corrected chi connectivity index (χ3v) is 5.23. The van der Waals surface area contributed by atoms with Crippen molar-refractivity contribution in [3.63, 3.8) is 0 Å². The highest BCUT2D eigenvalue weighted by Gasteiger charge is 2.24. The van der Waals surface area contributed by atoms with Crippen LogP contribution in [0.4, 0.5) is 0 Å². The van der Waals surface area contributed by atoms with Crippen molar-refractivity contribution in [1.29, 1.82) is 0 Å². The molecule has 29 heavy (non-hydrogen) atoms. The van der Waals surface area contributed by atoms with Crippen LogP contribution in [0.2, 0.25) is 0 Å². The van der Waals surface area contributed by atoms with Crippen molar-refractivity contribution in [3.8, 4) is 11.5 Å². The molecule has 1 saturated heterocycles. The molecule has 0 saturated carbocycles. The predicted octanol–water partition coefficient (Wildman–Crippen LogP) is 5.40. The molecule has 2 heterocycles. The number of aromatic nitrogens is 2. The van der Waals surface area contributed by atoms with E-state index in [4.69, 9.17) is 19.2 Å². The molecule has 0 N–H and O–H groups in total. The molecular weight excluding hydrogens is 364 g/mol. The van der Waals surface area contributed by atoms with E-state index in [9.17, 15) is 0 Å². The van der Waals surface area contributed by atoms with Gasteiger partial charge in [0.05, 0.1) is 24.8 Å². The van der Waals surface area contributed by atoms with Crippen molar-refractivity contribution in [2.45, 2.75) is 38.8 Å². The van der Waals surface area contributed by atoms with Crippen LogP contribution in [0.3, 0.4) is 0 Å². The van der Waals surface area contributed by atoms with E-state index in [1.165, 1.54) is 0 Å². The van der Waals surface area contributed by atoms with Gasteiger partial charge in [-0.15, -0.1) is 0 Å². The number of hydrogen-bond donors (Lipinski definition) is 0. The van der Waals surface area contributed by atoms with Crippen LogP contribution in [0.15, 0.2) is 48.5 Å². The van der Waals surface area contributed by atoms with Crippen molar-refractivity contribution in [2.75, 3.05) is 20.3 Å². The van der Waals surface area contributed by atoms with Crippen LogP contribution in [0.5, 0.6) is 11.5 Å². The zero-order valence-corrected chi connectivity index (χ0v) is 17.1. The second-order valence-electron chi connectivity index (χ2n) is 7.22. The molecule has 0 aliphatic carbocycles. The lowest BCUT2D eigenvalue weighted by Crippen LogP contribution is -2.11. The lowest BCUT2D eigenvalue weighted by Gasteiger charge is -2.15. The van der Waals surface area contributed by atoms with Crippen molar-refractivity contribution >= 4 is 17.1 Å². The Bertz CT molecular complexity index is 987. The first kappa shape index (κ1) is 19.5. The molecule has 0 radical (unpaired) electrons. The minimum absolute atomic E-state index is 0.0996. The Kier molecular flexibility index (Phi) is 6.15. The average molecular weight is 392 g/mol. The number of methoxy groups -OCH3 is 1. The minimum atomic E-state index is 0.0996. The number of allylic oxidation sites excluding steroid dienone is 1. The molecule has 0 amide bonds. The van der Waals surface area contributed by atoms with Gasteiger partial charge in [-0.05, 0) is 56.0 Å². The van der Waals surface area contributed by atoms with Crippen molar-refractivity contribution in [2.24, 2.45) is 0 Å². The van der Waals surface area contributed by atoms with Gasteiger partial charge in [-0.2, -0.15) is 0 Å². The van der Waals surface area contributed by atoms with Crippen LogP contribution in [0, 0.1) is 0 Å². The molecule has 1 aliphatic rings. The Morgan fingerprint density at radius 2 is 2.10 bits per heavy atom. The third kappa shape index (κ3) is 4.30. The highest BCUT2D eigenvalue weighted by Crippen LogP contribution is 2.31. The van der Waals surface area contributed by atoms with Crippen LogP contribution < -0.4 is 9.47 Å². The molecule has 152 valence electrons. The Hall–Kier alpha value is -2.79. The van der Waals surface area contributed by atoms with Crippen LogP contribution in [0.25, 0.3) is 17.1 Å². The quantitative estimate of drug-likeness (QED) is 0.482. The van der Waals surface area contributed by atoms with Crippen LogP contribution in [-0.4, -0.2) is 29.9 Å². The molecule has 5 heteroatoms. The minimum Gasteiger partial charge on any atom is -0.493 e. The van der Waals surface area contributed by atoms with Crippen LogP contribution in [-0.2, 0) is 11.3 Å². The third-order valence-electron chi connectivity index (χ3n) is 5.23. The lowest BCUT2D eigenvalue weighted by molar-refractivity contribution is 0.102. The second-order valence-corrected chi connectivity index (χ2v) is 7.22. The molecule has 4 rings (SSSR count). The Labute approximate surface area is 171 Å². The molecule has 1 aliphatic heterocycles. The van der Waals surface area contributed by atoms with E-state index >= 15 is 0 Å². The van der Waals surface area contributed by atoms with Gasteiger partial charge in [0.2, 0.25) is 0 Å². The smallest absolute Gasteiger partial charge is 0.161 e. The largest absolute Gasteiger partial charge is 0.493 e. The number of hydrogen-bond acceptors (Lipinski definition) is 4. The van der Waals surface area contributed by atoms with Gasteiger partial charge < -0.3 is 18.8 Å². The monoisotopic (exact) mass is 392 g/mol. The number of imidazole rings is 1. The number of nitrogens with zero attached hydrogens (tertiary/aromatic N) is 2. The predicted molar refractivity (Wildman–Crippen MR) is 115 cm³/mol. The van der Waals surface area contributed by atoms with E-state index < -0.39 is 0 Å². The van der Waals surface area contributed by atoms with E-state index in [1.807, 2.05) is 43.3 Å². The summed E-state index contributed by atoms with van der Waals surface area (Å²) in [5.74, 6) is 2.57. The molecular formula is C24H28N2O3. The summed E-state index contributed by atoms with van der Waals surface area (Å²) in [4.78, 5) is 4.86. The summed E-state index contributed by atoms with van der Waals surface area (Å²) in [5, 5.41) is 0. The SMILES string of the molecule is C/C=C/c1ccc(OCCCn2c(C3CCCO3)nc3ccccc32)c(OC)c1. The van der Waals surface area contributed by atoms with Crippen molar-refractivity contribution in [1.82, 2.24) is 9.55 Å². The first-order valence-corrected chi connectivity index (χ1v) is 10.3. The molecule has 5 nitrogen and oxygen atoms in total. The second kappa shape index (κ2) is 9.14. The molecule has 0 bridgehead atoms. The highest BCUT2D eigenvalue weighted by molar-refractivity contribution is 5.76. The molecule has 1 aromatic heterocycles. The highest BCUT2D eigenvalue weighted by atomic mass is 16.5. The van der Waals surface area contributed by atoms with Crippen molar-refractivity contribution < 1.29 is 14.2 Å². The molecule has 0 spiro atoms. The van der Waals surface area contributed by atoms with Gasteiger partial charge in [0.25, 0.3) is 0 Å². The number of rotatable bonds is 8. The van der Waals surface area contributed by atoms with Crippen LogP contribution in [0.1, 0.15) is 43.7 Å². The van der Waals surface area contributed by atoms with Gasteiger partial charge >= 0.3 is 0 Å². The summed E-state index contributed by atoms with van der Waals surface area (Å²) in [7, 11) is 1.67. The maximum atomic E-state index is 6.02. The first-order chi connectivity index (χ1) is 14.3. The Balaban J connectivity index is 1.45. The van der Waals surface area contributed by atoms with Crippen molar-refractivity contribution in [3.05, 3.63) is 59.9 Å². The number of benzene rings is 2. The van der Waals surface area contributed by atoms with E-state index in [0.717, 1.165) is 66.3 Å². The summed E-state index contributed by atoms with van der Waals surface area (Å²) < 4.78 is 19.7. The van der Waals surface area contributed by atoms with E-state index in [0.29, 0.717) is 6.61 Å². The maximum Gasteiger partial charge on any atom is 0.161 e. The van der Waals surface area contributed by atoms with Gasteiger partial charge in [-0.25, -0.2) is 4.98 Å². The van der Waals surface area contributed by atoms with Gasteiger partial charge in [-0.1, -0.05) is 30.4 Å². The zero-order chi connectivity index (χ0) is 20.1.